The van der Waals surface area contributed by atoms with Gasteiger partial charge in [0.15, 0.2) is 5.75 Å². The van der Waals surface area contributed by atoms with Gasteiger partial charge in [-0.1, -0.05) is 0 Å². The summed E-state index contributed by atoms with van der Waals surface area (Å²) in [6, 6.07) is 8.29. The van der Waals surface area contributed by atoms with Crippen LogP contribution in [0.2, 0.25) is 0 Å². The van der Waals surface area contributed by atoms with Crippen LogP contribution in [0.3, 0.4) is 0 Å². The van der Waals surface area contributed by atoms with Crippen molar-refractivity contribution in [1.82, 2.24) is 0 Å². The van der Waals surface area contributed by atoms with Crippen molar-refractivity contribution in [1.29, 1.82) is 0 Å². The molecule has 0 saturated carbocycles. The number of anilines is 2. The quantitative estimate of drug-likeness (QED) is 0.514. The first-order valence-corrected chi connectivity index (χ1v) is 8.43. The molecular weight excluding hydrogens is 447 g/mol. The highest BCUT2D eigenvalue weighted by Crippen LogP contribution is 2.39. The first-order chi connectivity index (χ1) is 11.3. The van der Waals surface area contributed by atoms with Gasteiger partial charge in [-0.15, -0.1) is 0 Å². The highest BCUT2D eigenvalue weighted by Gasteiger charge is 2.20. The minimum atomic E-state index is -1.72. The monoisotopic (exact) mass is 460 g/mol. The summed E-state index contributed by atoms with van der Waals surface area (Å²) in [5.74, 6) is 0.102. The summed E-state index contributed by atoms with van der Waals surface area (Å²) in [6.45, 7) is 0. The molecule has 5 nitrogen and oxygen atoms in total. The molecule has 2 rings (SSSR count). The Morgan fingerprint density at radius 3 is 2.33 bits per heavy atom. The number of hydrogen-bond acceptors (Lipinski definition) is 5. The number of carbonyl (C=O) groups excluding carboxylic acids is 1. The molecule has 4 N–H and O–H groups in total. The lowest BCUT2D eigenvalue weighted by atomic mass is 10.1. The Bertz CT molecular complexity index is 748. The second kappa shape index (κ2) is 7.85. The number of methoxy groups -OCH3 is 1. The second-order valence-electron chi connectivity index (χ2n) is 4.98. The van der Waals surface area contributed by atoms with Gasteiger partial charge in [-0.25, -0.2) is 9.18 Å². The maximum absolute atomic E-state index is 13.7. The number of carbonyl (C=O) groups is 1. The van der Waals surface area contributed by atoms with E-state index in [0.717, 1.165) is 7.11 Å². The first kappa shape index (κ1) is 18.5. The van der Waals surface area contributed by atoms with Crippen molar-refractivity contribution in [3.8, 4) is 11.5 Å². The molecule has 0 aliphatic heterocycles. The fourth-order valence-electron chi connectivity index (χ4n) is 1.98. The normalized spacial score (nSPS) is 11.8. The van der Waals surface area contributed by atoms with E-state index in [-0.39, 0.29) is 6.42 Å². The largest absolute Gasteiger partial charge is 0.467 e. The predicted octanol–water partition coefficient (Wildman–Crippen LogP) is 4.22. The van der Waals surface area contributed by atoms with Gasteiger partial charge in [0, 0.05) is 12.5 Å². The molecule has 0 spiro atoms. The van der Waals surface area contributed by atoms with Crippen molar-refractivity contribution in [2.24, 2.45) is 0 Å². The summed E-state index contributed by atoms with van der Waals surface area (Å²) in [6.07, 6.45) is -1.82. The molecule has 1 unspecified atom stereocenters. The van der Waals surface area contributed by atoms with E-state index in [4.69, 9.17) is 16.2 Å². The number of ether oxygens (including phenoxy) is 2. The van der Waals surface area contributed by atoms with Gasteiger partial charge in [-0.05, 0) is 61.7 Å². The predicted molar refractivity (Wildman–Crippen MR) is 97.8 cm³/mol. The van der Waals surface area contributed by atoms with E-state index in [9.17, 15) is 9.18 Å². The Balaban J connectivity index is 2.23. The van der Waals surface area contributed by atoms with E-state index in [0.29, 0.717) is 37.4 Å². The van der Waals surface area contributed by atoms with E-state index < -0.39 is 12.1 Å². The van der Waals surface area contributed by atoms with Crippen LogP contribution in [-0.2, 0) is 16.0 Å². The SMILES string of the molecule is COC(=O)C(F)Cc1cc(Br)c(Oc2ccc(N)c(N)c2)c(Br)c1. The summed E-state index contributed by atoms with van der Waals surface area (Å²) in [7, 11) is 1.15. The molecular formula is C16H15Br2FN2O3. The zero-order chi connectivity index (χ0) is 17.9. The Morgan fingerprint density at radius 1 is 1.17 bits per heavy atom. The van der Waals surface area contributed by atoms with Crippen LogP contribution in [-0.4, -0.2) is 19.3 Å². The van der Waals surface area contributed by atoms with Crippen LogP contribution in [0.15, 0.2) is 39.3 Å². The number of esters is 1. The van der Waals surface area contributed by atoms with Gasteiger partial charge in [0.05, 0.1) is 27.4 Å². The summed E-state index contributed by atoms with van der Waals surface area (Å²) in [5, 5.41) is 0. The average molecular weight is 462 g/mol. The molecule has 0 radical (unpaired) electrons. The molecule has 1 atom stereocenters. The Morgan fingerprint density at radius 2 is 1.79 bits per heavy atom. The van der Waals surface area contributed by atoms with Gasteiger partial charge in [-0.3, -0.25) is 0 Å². The van der Waals surface area contributed by atoms with E-state index in [1.165, 1.54) is 0 Å². The number of alkyl halides is 1. The molecule has 2 aromatic carbocycles. The van der Waals surface area contributed by atoms with Crippen LogP contribution in [0.5, 0.6) is 11.5 Å². The van der Waals surface area contributed by atoms with Crippen LogP contribution in [0.4, 0.5) is 15.8 Å². The lowest BCUT2D eigenvalue weighted by molar-refractivity contribution is -0.146. The second-order valence-corrected chi connectivity index (χ2v) is 6.68. The highest BCUT2D eigenvalue weighted by atomic mass is 79.9. The number of hydrogen-bond donors (Lipinski definition) is 2. The van der Waals surface area contributed by atoms with Gasteiger partial charge >= 0.3 is 5.97 Å². The number of nitrogen functional groups attached to an aromatic ring is 2. The zero-order valence-electron chi connectivity index (χ0n) is 12.7. The smallest absolute Gasteiger partial charge is 0.340 e. The van der Waals surface area contributed by atoms with Crippen molar-refractivity contribution in [3.05, 3.63) is 44.8 Å². The van der Waals surface area contributed by atoms with Gasteiger partial charge < -0.3 is 20.9 Å². The lowest BCUT2D eigenvalue weighted by Crippen LogP contribution is -2.19. The van der Waals surface area contributed by atoms with E-state index in [1.807, 2.05) is 0 Å². The van der Waals surface area contributed by atoms with Crippen LogP contribution >= 0.6 is 31.9 Å². The van der Waals surface area contributed by atoms with E-state index >= 15 is 0 Å². The van der Waals surface area contributed by atoms with E-state index in [2.05, 4.69) is 36.6 Å². The minimum Gasteiger partial charge on any atom is -0.467 e. The standard InChI is InChI=1S/C16H15Br2FN2O3/c1-23-16(22)12(19)6-8-4-10(17)15(11(18)5-8)24-9-2-3-13(20)14(21)7-9/h2-5,7,12H,6,20-21H2,1H3. The van der Waals surface area contributed by atoms with Crippen molar-refractivity contribution in [3.63, 3.8) is 0 Å². The average Bonchev–Trinajstić information content (AvgIpc) is 2.53. The fourth-order valence-corrected chi connectivity index (χ4v) is 3.42. The summed E-state index contributed by atoms with van der Waals surface area (Å²) in [4.78, 5) is 11.2. The molecule has 0 fully saturated rings. The molecule has 2 aromatic rings. The van der Waals surface area contributed by atoms with Crippen molar-refractivity contribution >= 4 is 49.2 Å². The molecule has 128 valence electrons. The number of nitrogens with two attached hydrogens (primary N) is 2. The summed E-state index contributed by atoms with van der Waals surface area (Å²) in [5.41, 5.74) is 12.9. The maximum Gasteiger partial charge on any atom is 0.340 e. The van der Waals surface area contributed by atoms with Gasteiger partial charge in [-0.2, -0.15) is 0 Å². The van der Waals surface area contributed by atoms with Crippen molar-refractivity contribution < 1.29 is 18.7 Å². The third kappa shape index (κ3) is 4.39. The molecule has 24 heavy (non-hydrogen) atoms. The van der Waals surface area contributed by atoms with E-state index in [1.54, 1.807) is 30.3 Å². The maximum atomic E-state index is 13.7. The third-order valence-electron chi connectivity index (χ3n) is 3.21. The number of halogens is 3. The third-order valence-corrected chi connectivity index (χ3v) is 4.39. The number of rotatable bonds is 5. The minimum absolute atomic E-state index is 0.0982. The van der Waals surface area contributed by atoms with Crippen molar-refractivity contribution in [2.75, 3.05) is 18.6 Å². The topological polar surface area (TPSA) is 87.6 Å². The Labute approximate surface area is 155 Å². The van der Waals surface area contributed by atoms with Crippen LogP contribution in [0.1, 0.15) is 5.56 Å². The van der Waals surface area contributed by atoms with Crippen molar-refractivity contribution in [2.45, 2.75) is 12.6 Å². The van der Waals surface area contributed by atoms with Gasteiger partial charge in [0.2, 0.25) is 6.17 Å². The Kier molecular flexibility index (Phi) is 6.06. The highest BCUT2D eigenvalue weighted by molar-refractivity contribution is 9.11. The first-order valence-electron chi connectivity index (χ1n) is 6.84. The van der Waals surface area contributed by atoms with Crippen LogP contribution in [0.25, 0.3) is 0 Å². The molecule has 0 saturated heterocycles. The summed E-state index contributed by atoms with van der Waals surface area (Å²) >= 11 is 6.77. The zero-order valence-corrected chi connectivity index (χ0v) is 15.9. The molecule has 8 heteroatoms. The summed E-state index contributed by atoms with van der Waals surface area (Å²) < 4.78 is 25.1. The van der Waals surface area contributed by atoms with Crippen LogP contribution in [0, 0.1) is 0 Å². The van der Waals surface area contributed by atoms with Gasteiger partial charge in [0.25, 0.3) is 0 Å². The molecule has 0 bridgehead atoms. The lowest BCUT2D eigenvalue weighted by Gasteiger charge is -2.13. The molecule has 0 amide bonds. The van der Waals surface area contributed by atoms with Gasteiger partial charge in [0.1, 0.15) is 5.75 Å². The number of benzene rings is 2. The fraction of sp³-hybridized carbons (Fsp3) is 0.188. The van der Waals surface area contributed by atoms with Crippen LogP contribution < -0.4 is 16.2 Å². The molecule has 0 aromatic heterocycles. The molecule has 0 aliphatic carbocycles. The Hall–Kier alpha value is -1.80. The molecule has 0 aliphatic rings. The molecule has 0 heterocycles.